The summed E-state index contributed by atoms with van der Waals surface area (Å²) in [5, 5.41) is 0. The standard InChI is InChI=1S/C16H23NO/c1-12-5-3-4-6-13(12)11-18-16-9-14-7-8-15(10-16)17(14)2/h3-6,14-16H,7-11H2,1-2H3/t14-,15+,16?. The molecule has 1 aromatic carbocycles. The highest BCUT2D eigenvalue weighted by Gasteiger charge is 2.38. The third-order valence-corrected chi connectivity index (χ3v) is 4.79. The number of benzene rings is 1. The smallest absolute Gasteiger partial charge is 0.0723 e. The van der Waals surface area contributed by atoms with Gasteiger partial charge in [-0.2, -0.15) is 0 Å². The Labute approximate surface area is 110 Å². The van der Waals surface area contributed by atoms with Crippen LogP contribution in [0, 0.1) is 6.92 Å². The molecule has 0 N–H and O–H groups in total. The van der Waals surface area contributed by atoms with Crippen LogP contribution in [0.25, 0.3) is 0 Å². The quantitative estimate of drug-likeness (QED) is 0.811. The molecule has 2 bridgehead atoms. The number of piperidine rings is 1. The van der Waals surface area contributed by atoms with Crippen molar-refractivity contribution in [1.82, 2.24) is 4.90 Å². The molecule has 3 rings (SSSR count). The van der Waals surface area contributed by atoms with Crippen LogP contribution in [0.1, 0.15) is 36.8 Å². The first-order chi connectivity index (χ1) is 8.74. The first kappa shape index (κ1) is 12.2. The molecule has 2 aliphatic heterocycles. The minimum atomic E-state index is 0.471. The van der Waals surface area contributed by atoms with E-state index in [0.717, 1.165) is 18.7 Å². The molecule has 3 atom stereocenters. The Balaban J connectivity index is 1.57. The van der Waals surface area contributed by atoms with Crippen LogP contribution < -0.4 is 0 Å². The molecule has 0 spiro atoms. The van der Waals surface area contributed by atoms with E-state index in [1.807, 2.05) is 0 Å². The average molecular weight is 245 g/mol. The lowest BCUT2D eigenvalue weighted by Gasteiger charge is -2.36. The lowest BCUT2D eigenvalue weighted by atomic mass is 10.0. The van der Waals surface area contributed by atoms with Crippen molar-refractivity contribution in [2.75, 3.05) is 7.05 Å². The number of aryl methyl sites for hydroxylation is 1. The normalized spacial score (nSPS) is 31.8. The third-order valence-electron chi connectivity index (χ3n) is 4.79. The van der Waals surface area contributed by atoms with Crippen molar-refractivity contribution >= 4 is 0 Å². The first-order valence-electron chi connectivity index (χ1n) is 7.12. The third kappa shape index (κ3) is 2.32. The molecule has 2 heteroatoms. The second kappa shape index (κ2) is 5.02. The van der Waals surface area contributed by atoms with Gasteiger partial charge in [0.1, 0.15) is 0 Å². The number of hydrogen-bond acceptors (Lipinski definition) is 2. The van der Waals surface area contributed by atoms with E-state index in [1.54, 1.807) is 0 Å². The molecule has 1 aromatic rings. The van der Waals surface area contributed by atoms with Gasteiger partial charge in [-0.15, -0.1) is 0 Å². The molecule has 1 unspecified atom stereocenters. The summed E-state index contributed by atoms with van der Waals surface area (Å²) in [6.45, 7) is 2.94. The van der Waals surface area contributed by atoms with Gasteiger partial charge >= 0.3 is 0 Å². The van der Waals surface area contributed by atoms with Crippen LogP contribution in [-0.4, -0.2) is 30.1 Å². The zero-order valence-corrected chi connectivity index (χ0v) is 11.4. The van der Waals surface area contributed by atoms with Crippen molar-refractivity contribution in [3.05, 3.63) is 35.4 Å². The highest BCUT2D eigenvalue weighted by molar-refractivity contribution is 5.24. The molecule has 98 valence electrons. The van der Waals surface area contributed by atoms with E-state index in [4.69, 9.17) is 4.74 Å². The van der Waals surface area contributed by atoms with Gasteiger partial charge in [0.2, 0.25) is 0 Å². The molecule has 2 aliphatic rings. The number of nitrogens with zero attached hydrogens (tertiary/aromatic N) is 1. The predicted octanol–water partition coefficient (Wildman–Crippen LogP) is 3.14. The Hall–Kier alpha value is -0.860. The molecule has 2 fully saturated rings. The van der Waals surface area contributed by atoms with Crippen LogP contribution in [0.2, 0.25) is 0 Å². The van der Waals surface area contributed by atoms with Crippen molar-refractivity contribution in [3.63, 3.8) is 0 Å². The zero-order valence-electron chi connectivity index (χ0n) is 11.4. The van der Waals surface area contributed by atoms with Crippen LogP contribution in [-0.2, 0) is 11.3 Å². The summed E-state index contributed by atoms with van der Waals surface area (Å²) in [5.41, 5.74) is 2.68. The molecular formula is C16H23NO. The summed E-state index contributed by atoms with van der Waals surface area (Å²) in [6, 6.07) is 10.1. The minimum absolute atomic E-state index is 0.471. The summed E-state index contributed by atoms with van der Waals surface area (Å²) < 4.78 is 6.15. The van der Waals surface area contributed by atoms with Gasteiger partial charge in [0.05, 0.1) is 12.7 Å². The second-order valence-electron chi connectivity index (χ2n) is 5.88. The van der Waals surface area contributed by atoms with E-state index in [0.29, 0.717) is 6.10 Å². The largest absolute Gasteiger partial charge is 0.373 e. The highest BCUT2D eigenvalue weighted by atomic mass is 16.5. The Bertz CT molecular complexity index is 403. The minimum Gasteiger partial charge on any atom is -0.373 e. The molecule has 2 heterocycles. The van der Waals surface area contributed by atoms with E-state index in [1.165, 1.54) is 36.8 Å². The Morgan fingerprint density at radius 3 is 2.50 bits per heavy atom. The predicted molar refractivity (Wildman–Crippen MR) is 73.6 cm³/mol. The fourth-order valence-corrected chi connectivity index (χ4v) is 3.48. The van der Waals surface area contributed by atoms with Gasteiger partial charge in [0.15, 0.2) is 0 Å². The summed E-state index contributed by atoms with van der Waals surface area (Å²) in [6.07, 6.45) is 5.65. The topological polar surface area (TPSA) is 12.5 Å². The van der Waals surface area contributed by atoms with E-state index in [9.17, 15) is 0 Å². The van der Waals surface area contributed by atoms with Gasteiger partial charge in [0, 0.05) is 12.1 Å². The summed E-state index contributed by atoms with van der Waals surface area (Å²) in [7, 11) is 2.28. The van der Waals surface area contributed by atoms with Crippen molar-refractivity contribution in [1.29, 1.82) is 0 Å². The van der Waals surface area contributed by atoms with Crippen LogP contribution >= 0.6 is 0 Å². The lowest BCUT2D eigenvalue weighted by Crippen LogP contribution is -2.42. The van der Waals surface area contributed by atoms with E-state index in [-0.39, 0.29) is 0 Å². The Kier molecular flexibility index (Phi) is 3.40. The van der Waals surface area contributed by atoms with Gasteiger partial charge in [-0.25, -0.2) is 0 Å². The maximum atomic E-state index is 6.15. The van der Waals surface area contributed by atoms with Gasteiger partial charge in [0.25, 0.3) is 0 Å². The molecule has 18 heavy (non-hydrogen) atoms. The van der Waals surface area contributed by atoms with Crippen LogP contribution in [0.4, 0.5) is 0 Å². The Morgan fingerprint density at radius 1 is 1.17 bits per heavy atom. The number of ether oxygens (including phenoxy) is 1. The molecule has 2 nitrogen and oxygen atoms in total. The summed E-state index contributed by atoms with van der Waals surface area (Å²) >= 11 is 0. The molecule has 2 saturated heterocycles. The van der Waals surface area contributed by atoms with Gasteiger partial charge < -0.3 is 9.64 Å². The van der Waals surface area contributed by atoms with Gasteiger partial charge in [-0.05, 0) is 50.8 Å². The molecule has 0 aliphatic carbocycles. The van der Waals surface area contributed by atoms with Crippen molar-refractivity contribution in [2.45, 2.75) is 57.4 Å². The van der Waals surface area contributed by atoms with Crippen molar-refractivity contribution < 1.29 is 4.74 Å². The van der Waals surface area contributed by atoms with Gasteiger partial charge in [-0.1, -0.05) is 24.3 Å². The number of hydrogen-bond donors (Lipinski definition) is 0. The SMILES string of the molecule is Cc1ccccc1COC1C[C@H]2CC[C@@H](C1)N2C. The van der Waals surface area contributed by atoms with Crippen LogP contribution in [0.3, 0.4) is 0 Å². The number of rotatable bonds is 3. The number of fused-ring (bicyclic) bond motifs is 2. The average Bonchev–Trinajstić information content (AvgIpc) is 2.62. The maximum absolute atomic E-state index is 6.15. The van der Waals surface area contributed by atoms with E-state index in [2.05, 4.69) is 43.1 Å². The monoisotopic (exact) mass is 245 g/mol. The van der Waals surface area contributed by atoms with Crippen LogP contribution in [0.15, 0.2) is 24.3 Å². The second-order valence-corrected chi connectivity index (χ2v) is 5.88. The zero-order chi connectivity index (χ0) is 12.5. The van der Waals surface area contributed by atoms with Crippen molar-refractivity contribution in [2.24, 2.45) is 0 Å². The van der Waals surface area contributed by atoms with E-state index >= 15 is 0 Å². The van der Waals surface area contributed by atoms with E-state index < -0.39 is 0 Å². The molecule has 0 saturated carbocycles. The molecular weight excluding hydrogens is 222 g/mol. The molecule has 0 amide bonds. The van der Waals surface area contributed by atoms with Gasteiger partial charge in [-0.3, -0.25) is 0 Å². The van der Waals surface area contributed by atoms with Crippen molar-refractivity contribution in [3.8, 4) is 0 Å². The molecule has 0 aromatic heterocycles. The fraction of sp³-hybridized carbons (Fsp3) is 0.625. The first-order valence-corrected chi connectivity index (χ1v) is 7.12. The Morgan fingerprint density at radius 2 is 1.83 bits per heavy atom. The summed E-state index contributed by atoms with van der Waals surface area (Å²) in [4.78, 5) is 2.56. The summed E-state index contributed by atoms with van der Waals surface area (Å²) in [5.74, 6) is 0. The fourth-order valence-electron chi connectivity index (χ4n) is 3.48. The maximum Gasteiger partial charge on any atom is 0.0723 e. The lowest BCUT2D eigenvalue weighted by molar-refractivity contribution is -0.0212. The highest BCUT2D eigenvalue weighted by Crippen LogP contribution is 2.35. The van der Waals surface area contributed by atoms with Crippen LogP contribution in [0.5, 0.6) is 0 Å². The molecule has 0 radical (unpaired) electrons.